The molecule has 3 rings (SSSR count). The van der Waals surface area contributed by atoms with E-state index in [1.165, 1.54) is 0 Å². The summed E-state index contributed by atoms with van der Waals surface area (Å²) in [7, 11) is -3.61. The van der Waals surface area contributed by atoms with Crippen LogP contribution in [-0.4, -0.2) is 31.7 Å². The summed E-state index contributed by atoms with van der Waals surface area (Å²) in [5.41, 5.74) is 0. The van der Waals surface area contributed by atoms with Crippen molar-refractivity contribution in [2.24, 2.45) is 5.92 Å². The Kier molecular flexibility index (Phi) is 2.80. The van der Waals surface area contributed by atoms with Crippen molar-refractivity contribution in [3.05, 3.63) is 30.3 Å². The molecule has 0 unspecified atom stereocenters. The predicted octanol–water partition coefficient (Wildman–Crippen LogP) is 1.60. The number of rotatable bonds is 2. The van der Waals surface area contributed by atoms with Crippen molar-refractivity contribution in [1.29, 1.82) is 0 Å². The monoisotopic (exact) mass is 280 g/mol. The molecule has 3 atom stereocenters. The van der Waals surface area contributed by atoms with Crippen molar-refractivity contribution in [3.8, 4) is 0 Å². The first-order valence-corrected chi connectivity index (χ1v) is 7.91. The molecule has 1 heterocycles. The Hall–Kier alpha value is -1.20. The van der Waals surface area contributed by atoms with Crippen LogP contribution >= 0.6 is 0 Å². The van der Waals surface area contributed by atoms with Crippen LogP contribution in [0.5, 0.6) is 0 Å². The summed E-state index contributed by atoms with van der Waals surface area (Å²) in [5, 5.41) is 0. The molecule has 1 aromatic rings. The highest BCUT2D eigenvalue weighted by Gasteiger charge is 2.69. The lowest BCUT2D eigenvalue weighted by Crippen LogP contribution is -2.35. The van der Waals surface area contributed by atoms with Crippen LogP contribution < -0.4 is 0 Å². The van der Waals surface area contributed by atoms with Crippen LogP contribution in [0.3, 0.4) is 0 Å². The van der Waals surface area contributed by atoms with Crippen molar-refractivity contribution in [2.75, 3.05) is 6.61 Å². The van der Waals surface area contributed by atoms with Crippen molar-refractivity contribution in [3.63, 3.8) is 0 Å². The molecule has 1 saturated carbocycles. The van der Waals surface area contributed by atoms with E-state index in [0.29, 0.717) is 13.0 Å². The number of carbonyl (C=O) groups is 1. The van der Waals surface area contributed by atoms with E-state index in [4.69, 9.17) is 4.74 Å². The lowest BCUT2D eigenvalue weighted by atomic mass is 10.1. The maximum Gasteiger partial charge on any atom is 0.191 e. The standard InChI is InChI=1S/C14H16O4S/c1-10-7-13(15)14(8-11(14)9-18-10)19(16,17)12-5-3-2-4-6-12/h2-6,10-11H,7-9H2,1H3/t10-,11-,14+/m1/s1. The van der Waals surface area contributed by atoms with Gasteiger partial charge in [0.15, 0.2) is 15.6 Å². The van der Waals surface area contributed by atoms with Crippen LogP contribution in [0, 0.1) is 5.92 Å². The second-order valence-electron chi connectivity index (χ2n) is 5.38. The molecule has 0 radical (unpaired) electrons. The van der Waals surface area contributed by atoms with Crippen LogP contribution in [0.1, 0.15) is 19.8 Å². The molecule has 2 aliphatic rings. The number of ketones is 1. The van der Waals surface area contributed by atoms with Gasteiger partial charge in [0.1, 0.15) is 4.75 Å². The van der Waals surface area contributed by atoms with Gasteiger partial charge < -0.3 is 4.74 Å². The fraction of sp³-hybridized carbons (Fsp3) is 0.500. The van der Waals surface area contributed by atoms with Gasteiger partial charge in [0.25, 0.3) is 0 Å². The maximum atomic E-state index is 12.7. The molecule has 5 heteroatoms. The van der Waals surface area contributed by atoms with Gasteiger partial charge in [0.05, 0.1) is 17.6 Å². The number of Topliss-reactive ketones (excluding diaryl/α,β-unsaturated/α-hetero) is 1. The summed E-state index contributed by atoms with van der Waals surface area (Å²) in [6.45, 7) is 2.17. The summed E-state index contributed by atoms with van der Waals surface area (Å²) in [5.74, 6) is -0.374. The van der Waals surface area contributed by atoms with Crippen LogP contribution in [0.25, 0.3) is 0 Å². The molecule has 19 heavy (non-hydrogen) atoms. The predicted molar refractivity (Wildman–Crippen MR) is 69.5 cm³/mol. The lowest BCUT2D eigenvalue weighted by molar-refractivity contribution is -0.120. The summed E-state index contributed by atoms with van der Waals surface area (Å²) in [4.78, 5) is 12.6. The van der Waals surface area contributed by atoms with Crippen molar-refractivity contribution >= 4 is 15.6 Å². The summed E-state index contributed by atoms with van der Waals surface area (Å²) >= 11 is 0. The highest BCUT2D eigenvalue weighted by molar-refractivity contribution is 7.94. The van der Waals surface area contributed by atoms with E-state index in [9.17, 15) is 13.2 Å². The lowest BCUT2D eigenvalue weighted by Gasteiger charge is -2.15. The van der Waals surface area contributed by atoms with Crippen LogP contribution in [0.15, 0.2) is 35.2 Å². The molecule has 1 saturated heterocycles. The maximum absolute atomic E-state index is 12.7. The zero-order chi connectivity index (χ0) is 13.7. The van der Waals surface area contributed by atoms with Gasteiger partial charge in [-0.1, -0.05) is 18.2 Å². The Morgan fingerprint density at radius 3 is 2.63 bits per heavy atom. The summed E-state index contributed by atoms with van der Waals surface area (Å²) in [6.07, 6.45) is 0.390. The SMILES string of the molecule is C[C@@H]1CC(=O)[C@]2(S(=O)(=O)c3ccccc3)C[C@@H]2CO1. The number of hydrogen-bond donors (Lipinski definition) is 0. The first kappa shape index (κ1) is 12.8. The largest absolute Gasteiger partial charge is 0.378 e. The van der Waals surface area contributed by atoms with Gasteiger partial charge in [-0.15, -0.1) is 0 Å². The van der Waals surface area contributed by atoms with E-state index in [2.05, 4.69) is 0 Å². The molecule has 1 aliphatic carbocycles. The number of ether oxygens (including phenoxy) is 1. The van der Waals surface area contributed by atoms with Gasteiger partial charge in [-0.05, 0) is 25.5 Å². The third kappa shape index (κ3) is 1.75. The molecule has 0 spiro atoms. The van der Waals surface area contributed by atoms with Gasteiger partial charge in [-0.2, -0.15) is 0 Å². The minimum atomic E-state index is -3.61. The molecule has 1 aliphatic heterocycles. The second kappa shape index (κ2) is 4.15. The molecule has 0 N–H and O–H groups in total. The molecular formula is C14H16O4S. The van der Waals surface area contributed by atoms with Crippen LogP contribution in [-0.2, 0) is 19.4 Å². The van der Waals surface area contributed by atoms with Gasteiger partial charge in [0, 0.05) is 12.3 Å². The molecule has 4 nitrogen and oxygen atoms in total. The van der Waals surface area contributed by atoms with Gasteiger partial charge in [-0.25, -0.2) is 8.42 Å². The molecule has 0 bridgehead atoms. The van der Waals surface area contributed by atoms with Crippen molar-refractivity contribution in [1.82, 2.24) is 0 Å². The van der Waals surface area contributed by atoms with Crippen LogP contribution in [0.2, 0.25) is 0 Å². The minimum absolute atomic E-state index is 0.183. The first-order valence-electron chi connectivity index (χ1n) is 6.43. The molecule has 2 fully saturated rings. The molecular weight excluding hydrogens is 264 g/mol. The average molecular weight is 280 g/mol. The van der Waals surface area contributed by atoms with E-state index in [1.807, 2.05) is 6.92 Å². The quantitative estimate of drug-likeness (QED) is 0.825. The summed E-state index contributed by atoms with van der Waals surface area (Å²) < 4.78 is 29.8. The Bertz CT molecular complexity index is 608. The number of benzene rings is 1. The summed E-state index contributed by atoms with van der Waals surface area (Å²) in [6, 6.07) is 8.24. The molecule has 0 aromatic heterocycles. The number of hydrogen-bond acceptors (Lipinski definition) is 4. The van der Waals surface area contributed by atoms with Gasteiger partial charge in [-0.3, -0.25) is 4.79 Å². The zero-order valence-electron chi connectivity index (χ0n) is 10.7. The Morgan fingerprint density at radius 1 is 1.26 bits per heavy atom. The van der Waals surface area contributed by atoms with Crippen molar-refractivity contribution < 1.29 is 17.9 Å². The smallest absolute Gasteiger partial charge is 0.191 e. The van der Waals surface area contributed by atoms with E-state index < -0.39 is 14.6 Å². The topological polar surface area (TPSA) is 60.4 Å². The number of fused-ring (bicyclic) bond motifs is 1. The number of sulfone groups is 1. The molecule has 1 aromatic carbocycles. The zero-order valence-corrected chi connectivity index (χ0v) is 11.5. The van der Waals surface area contributed by atoms with E-state index >= 15 is 0 Å². The van der Waals surface area contributed by atoms with E-state index in [-0.39, 0.29) is 29.1 Å². The Labute approximate surface area is 112 Å². The Morgan fingerprint density at radius 2 is 1.95 bits per heavy atom. The fourth-order valence-electron chi connectivity index (χ4n) is 2.90. The third-order valence-electron chi connectivity index (χ3n) is 4.11. The minimum Gasteiger partial charge on any atom is -0.378 e. The van der Waals surface area contributed by atoms with Gasteiger partial charge in [0.2, 0.25) is 0 Å². The highest BCUT2D eigenvalue weighted by atomic mass is 32.2. The Balaban J connectivity index is 2.04. The third-order valence-corrected chi connectivity index (χ3v) is 6.69. The molecule has 102 valence electrons. The first-order chi connectivity index (χ1) is 8.98. The van der Waals surface area contributed by atoms with Gasteiger partial charge >= 0.3 is 0 Å². The van der Waals surface area contributed by atoms with E-state index in [1.54, 1.807) is 30.3 Å². The highest BCUT2D eigenvalue weighted by Crippen LogP contribution is 2.55. The normalized spacial score (nSPS) is 34.5. The molecule has 0 amide bonds. The number of carbonyl (C=O) groups excluding carboxylic acids is 1. The van der Waals surface area contributed by atoms with Crippen LogP contribution in [0.4, 0.5) is 0 Å². The van der Waals surface area contributed by atoms with Crippen molar-refractivity contribution in [2.45, 2.75) is 35.5 Å². The second-order valence-corrected chi connectivity index (χ2v) is 7.59. The average Bonchev–Trinajstić information content (AvgIpc) is 3.14. The fourth-order valence-corrected chi connectivity index (χ4v) is 5.15. The van der Waals surface area contributed by atoms with E-state index in [0.717, 1.165) is 0 Å².